The number of unbranched alkanes of at least 4 members (excludes halogenated alkanes) is 36. The highest BCUT2D eigenvalue weighted by atomic mass is 16.3. The number of amides is 2. The van der Waals surface area contributed by atoms with E-state index in [0.717, 1.165) is 64.8 Å². The quantitative estimate of drug-likeness (QED) is 0.0617. The van der Waals surface area contributed by atoms with E-state index in [9.17, 15) is 14.7 Å². The molecule has 6 nitrogen and oxygen atoms in total. The van der Waals surface area contributed by atoms with Crippen molar-refractivity contribution < 1.29 is 14.7 Å². The van der Waals surface area contributed by atoms with E-state index < -0.39 is 0 Å². The molecule has 1 rings (SSSR count). The second-order valence-electron chi connectivity index (χ2n) is 23.3. The van der Waals surface area contributed by atoms with Gasteiger partial charge in [-0.2, -0.15) is 0 Å². The van der Waals surface area contributed by atoms with Crippen molar-refractivity contribution >= 4 is 11.8 Å². The van der Waals surface area contributed by atoms with Crippen molar-refractivity contribution in [1.29, 1.82) is 0 Å². The van der Waals surface area contributed by atoms with E-state index in [2.05, 4.69) is 42.4 Å². The van der Waals surface area contributed by atoms with Gasteiger partial charge in [0.15, 0.2) is 0 Å². The van der Waals surface area contributed by atoms with Crippen LogP contribution in [0.4, 0.5) is 0 Å². The fourth-order valence-electron chi connectivity index (χ4n) is 11.5. The smallest absolute Gasteiger partial charge is 0.222 e. The first kappa shape index (κ1) is 67.9. The Balaban J connectivity index is 2.51. The maximum absolute atomic E-state index is 13.5. The predicted octanol–water partition coefficient (Wildman–Crippen LogP) is 19.5. The molecule has 0 aromatic carbocycles. The summed E-state index contributed by atoms with van der Waals surface area (Å²) in [5.74, 6) is 1.34. The first-order valence-corrected chi connectivity index (χ1v) is 32.9. The third-order valence-electron chi connectivity index (χ3n) is 16.5. The molecule has 0 aromatic rings. The molecule has 2 atom stereocenters. The van der Waals surface area contributed by atoms with Crippen LogP contribution in [-0.4, -0.2) is 83.5 Å². The zero-order valence-corrected chi connectivity index (χ0v) is 49.1. The van der Waals surface area contributed by atoms with Gasteiger partial charge < -0.3 is 19.8 Å². The highest BCUT2D eigenvalue weighted by Crippen LogP contribution is 2.28. The third kappa shape index (κ3) is 43.8. The van der Waals surface area contributed by atoms with E-state index in [1.807, 2.05) is 0 Å². The number of carbonyl (C=O) groups excluding carboxylic acids is 2. The lowest BCUT2D eigenvalue weighted by Gasteiger charge is -2.29. The summed E-state index contributed by atoms with van der Waals surface area (Å²) in [5, 5.41) is 10.6. The molecule has 0 aromatic heterocycles. The predicted molar refractivity (Wildman–Crippen MR) is 313 cm³/mol. The van der Waals surface area contributed by atoms with Gasteiger partial charge in [-0.3, -0.25) is 9.59 Å². The lowest BCUT2D eigenvalue weighted by Crippen LogP contribution is -2.32. The van der Waals surface area contributed by atoms with Crippen LogP contribution in [0.2, 0.25) is 0 Å². The van der Waals surface area contributed by atoms with Crippen LogP contribution in [0.1, 0.15) is 349 Å². The molecular weight excluding hydrogens is 871 g/mol. The van der Waals surface area contributed by atoms with Gasteiger partial charge in [-0.15, -0.1) is 0 Å². The summed E-state index contributed by atoms with van der Waals surface area (Å²) in [4.78, 5) is 34.3. The van der Waals surface area contributed by atoms with E-state index in [1.165, 1.54) is 302 Å². The maximum Gasteiger partial charge on any atom is 0.222 e. The van der Waals surface area contributed by atoms with Gasteiger partial charge in [-0.1, -0.05) is 259 Å². The summed E-state index contributed by atoms with van der Waals surface area (Å²) < 4.78 is 0. The fourth-order valence-corrected chi connectivity index (χ4v) is 11.5. The van der Waals surface area contributed by atoms with Gasteiger partial charge in [0.1, 0.15) is 0 Å². The number of aliphatic hydroxyl groups excluding tert-OH is 1. The minimum atomic E-state index is -0.0828. The largest absolute Gasteiger partial charge is 0.393 e. The minimum absolute atomic E-state index is 0.0828. The number of carbonyl (C=O) groups is 2. The van der Waals surface area contributed by atoms with Crippen LogP contribution < -0.4 is 0 Å². The molecule has 0 unspecified atom stereocenters. The highest BCUT2D eigenvalue weighted by Gasteiger charge is 2.23. The lowest BCUT2D eigenvalue weighted by molar-refractivity contribution is -0.132. The second-order valence-corrected chi connectivity index (χ2v) is 23.3. The van der Waals surface area contributed by atoms with Crippen molar-refractivity contribution in [3.63, 3.8) is 0 Å². The molecule has 1 saturated carbocycles. The molecule has 0 spiro atoms. The molecule has 6 heteroatoms. The van der Waals surface area contributed by atoms with Gasteiger partial charge >= 0.3 is 0 Å². The first-order valence-electron chi connectivity index (χ1n) is 32.9. The molecule has 0 radical (unpaired) electrons. The van der Waals surface area contributed by atoms with Crippen LogP contribution in [0.15, 0.2) is 0 Å². The summed E-state index contributed by atoms with van der Waals surface area (Å²) in [6.45, 7) is 16.6. The number of hydrogen-bond donors (Lipinski definition) is 1. The number of nitrogens with zero attached hydrogens (tertiary/aromatic N) is 3. The summed E-state index contributed by atoms with van der Waals surface area (Å²) in [5.41, 5.74) is 0. The van der Waals surface area contributed by atoms with Gasteiger partial charge in [0.05, 0.1) is 6.10 Å². The Morgan fingerprint density at radius 1 is 0.324 bits per heavy atom. The van der Waals surface area contributed by atoms with Crippen molar-refractivity contribution in [3.8, 4) is 0 Å². The van der Waals surface area contributed by atoms with Gasteiger partial charge in [0.25, 0.3) is 0 Å². The van der Waals surface area contributed by atoms with Gasteiger partial charge in [-0.25, -0.2) is 0 Å². The van der Waals surface area contributed by atoms with Gasteiger partial charge in [0, 0.05) is 39.0 Å². The average Bonchev–Trinajstić information content (AvgIpc) is 3.37. The fraction of sp³-hybridized carbons (Fsp3) is 0.969. The average molecular weight is 1000 g/mol. The van der Waals surface area contributed by atoms with E-state index in [4.69, 9.17) is 0 Å². The van der Waals surface area contributed by atoms with Crippen LogP contribution >= 0.6 is 0 Å². The summed E-state index contributed by atoms with van der Waals surface area (Å²) in [7, 11) is 0. The van der Waals surface area contributed by atoms with Crippen molar-refractivity contribution in [2.45, 2.75) is 355 Å². The molecule has 1 fully saturated rings. The standard InChI is InChI=1S/C65H129N3O3/c1-5-9-13-17-21-25-35-45-58-67(59-46-36-26-22-18-14-10-6-2)64(70)53-39-31-29-33-43-55-66(57-49-51-62-50-41-42-52-63(62)69)56-44-34-30-32-40-54-65(71)68(60-47-37-27-23-19-15-11-7-3)61-48-38-28-24-20-16-12-8-4/h62-63,69H,5-61H2,1-4H3/t62-,63+/m1/s1. The van der Waals surface area contributed by atoms with Crippen LogP contribution in [0.5, 0.6) is 0 Å². The molecule has 2 amide bonds. The van der Waals surface area contributed by atoms with Gasteiger partial charge in [0.2, 0.25) is 11.8 Å². The van der Waals surface area contributed by atoms with E-state index in [0.29, 0.717) is 17.7 Å². The molecule has 0 bridgehead atoms. The van der Waals surface area contributed by atoms with Crippen LogP contribution in [0, 0.1) is 5.92 Å². The first-order chi connectivity index (χ1) is 35.0. The van der Waals surface area contributed by atoms with Crippen molar-refractivity contribution in [2.24, 2.45) is 5.92 Å². The number of aliphatic hydroxyl groups is 1. The minimum Gasteiger partial charge on any atom is -0.393 e. The van der Waals surface area contributed by atoms with E-state index in [-0.39, 0.29) is 6.10 Å². The number of hydrogen-bond acceptors (Lipinski definition) is 4. The number of rotatable bonds is 56. The highest BCUT2D eigenvalue weighted by molar-refractivity contribution is 5.76. The molecule has 422 valence electrons. The van der Waals surface area contributed by atoms with Crippen molar-refractivity contribution in [1.82, 2.24) is 14.7 Å². The van der Waals surface area contributed by atoms with Crippen LogP contribution in [0.25, 0.3) is 0 Å². The lowest BCUT2D eigenvalue weighted by atomic mass is 9.83. The third-order valence-corrected chi connectivity index (χ3v) is 16.5. The Morgan fingerprint density at radius 3 is 0.887 bits per heavy atom. The van der Waals surface area contributed by atoms with Gasteiger partial charge in [-0.05, 0) is 103 Å². The second kappa shape index (κ2) is 53.7. The Labute approximate surface area is 445 Å². The molecule has 0 aliphatic heterocycles. The Hall–Kier alpha value is -1.14. The molecule has 0 saturated heterocycles. The van der Waals surface area contributed by atoms with E-state index in [1.54, 1.807) is 0 Å². The molecule has 1 aliphatic rings. The molecule has 1 N–H and O–H groups in total. The van der Waals surface area contributed by atoms with Crippen LogP contribution in [0.3, 0.4) is 0 Å². The summed E-state index contributed by atoms with van der Waals surface area (Å²) in [6.07, 6.45) is 62.7. The molecular formula is C65H129N3O3. The monoisotopic (exact) mass is 1000 g/mol. The zero-order valence-electron chi connectivity index (χ0n) is 49.1. The summed E-state index contributed by atoms with van der Waals surface area (Å²) in [6, 6.07) is 0. The molecule has 0 heterocycles. The van der Waals surface area contributed by atoms with E-state index >= 15 is 0 Å². The maximum atomic E-state index is 13.5. The Bertz CT molecular complexity index is 992. The Kier molecular flexibility index (Phi) is 51.3. The Morgan fingerprint density at radius 2 is 0.577 bits per heavy atom. The van der Waals surface area contributed by atoms with Crippen LogP contribution in [-0.2, 0) is 9.59 Å². The topological polar surface area (TPSA) is 64.1 Å². The summed E-state index contributed by atoms with van der Waals surface area (Å²) >= 11 is 0. The molecule has 1 aliphatic carbocycles. The normalized spacial score (nSPS) is 15.0. The SMILES string of the molecule is CCCCCCCCCCN(CCCCCCCCCC)C(=O)CCCCCCCN(CCCCCCCC(=O)N(CCCCCCCCCC)CCCCCCCCCC)CCC[C@H]1CCCC[C@@H]1O. The van der Waals surface area contributed by atoms with Crippen molar-refractivity contribution in [3.05, 3.63) is 0 Å². The van der Waals surface area contributed by atoms with Crippen molar-refractivity contribution in [2.75, 3.05) is 45.8 Å². The zero-order chi connectivity index (χ0) is 51.3. The molecule has 71 heavy (non-hydrogen) atoms.